The fourth-order valence-corrected chi connectivity index (χ4v) is 2.66. The number of rotatable bonds is 6. The predicted octanol–water partition coefficient (Wildman–Crippen LogP) is 2.53. The first-order chi connectivity index (χ1) is 12.5. The molecule has 0 aliphatic rings. The summed E-state index contributed by atoms with van der Waals surface area (Å²) in [6.45, 7) is 4.92. The topological polar surface area (TPSA) is 72.7 Å². The van der Waals surface area contributed by atoms with E-state index in [4.69, 9.17) is 4.74 Å². The van der Waals surface area contributed by atoms with Gasteiger partial charge in [0.2, 0.25) is 0 Å². The minimum absolute atomic E-state index is 0.151. The standard InChI is InChI=1S/C19H20FN3O3/c1-12(2)26-10-4-8-21-18(24)14-5-3-9-23-17(14)22-16-7-6-13(20)11-15(16)19(23)25/h3,5-7,9,11-12H,4,8,10H2,1-2H3,(H,21,24). The highest BCUT2D eigenvalue weighted by Gasteiger charge is 2.14. The van der Waals surface area contributed by atoms with Crippen LogP contribution >= 0.6 is 0 Å². The van der Waals surface area contributed by atoms with Crippen molar-refractivity contribution >= 4 is 22.5 Å². The van der Waals surface area contributed by atoms with Gasteiger partial charge in [0.1, 0.15) is 5.82 Å². The minimum atomic E-state index is -0.506. The predicted molar refractivity (Wildman–Crippen MR) is 97.0 cm³/mol. The Morgan fingerprint density at radius 2 is 2.15 bits per heavy atom. The van der Waals surface area contributed by atoms with Crippen LogP contribution in [0, 0.1) is 5.82 Å². The zero-order valence-corrected chi connectivity index (χ0v) is 14.7. The molecule has 1 aromatic carbocycles. The van der Waals surface area contributed by atoms with E-state index in [1.54, 1.807) is 12.1 Å². The van der Waals surface area contributed by atoms with Gasteiger partial charge in [0, 0.05) is 19.3 Å². The molecule has 6 nitrogen and oxygen atoms in total. The summed E-state index contributed by atoms with van der Waals surface area (Å²) in [6, 6.07) is 7.03. The molecule has 0 radical (unpaired) electrons. The molecule has 1 amide bonds. The molecule has 0 aliphatic carbocycles. The Hall–Kier alpha value is -2.80. The summed E-state index contributed by atoms with van der Waals surface area (Å²) in [6.07, 6.45) is 2.35. The van der Waals surface area contributed by atoms with Crippen LogP contribution in [0.5, 0.6) is 0 Å². The Labute approximate surface area is 149 Å². The number of carbonyl (C=O) groups is 1. The number of nitrogens with zero attached hydrogens (tertiary/aromatic N) is 2. The largest absolute Gasteiger partial charge is 0.379 e. The van der Waals surface area contributed by atoms with Crippen LogP contribution in [0.4, 0.5) is 4.39 Å². The average Bonchev–Trinajstić information content (AvgIpc) is 2.61. The number of aromatic nitrogens is 2. The molecule has 0 unspecified atom stereocenters. The fourth-order valence-electron chi connectivity index (χ4n) is 2.66. The second-order valence-corrected chi connectivity index (χ2v) is 6.22. The van der Waals surface area contributed by atoms with E-state index in [0.717, 1.165) is 6.07 Å². The van der Waals surface area contributed by atoms with E-state index < -0.39 is 11.4 Å². The lowest BCUT2D eigenvalue weighted by Crippen LogP contribution is -2.27. The minimum Gasteiger partial charge on any atom is -0.379 e. The van der Waals surface area contributed by atoms with Gasteiger partial charge in [0.15, 0.2) is 5.65 Å². The first-order valence-electron chi connectivity index (χ1n) is 8.48. The molecule has 136 valence electrons. The smallest absolute Gasteiger partial charge is 0.265 e. The molecule has 3 aromatic rings. The molecule has 0 aliphatic heterocycles. The number of pyridine rings is 1. The Kier molecular flexibility index (Phi) is 5.27. The Bertz CT molecular complexity index is 1010. The fraction of sp³-hybridized carbons (Fsp3) is 0.316. The van der Waals surface area contributed by atoms with Gasteiger partial charge in [-0.15, -0.1) is 0 Å². The first-order valence-corrected chi connectivity index (χ1v) is 8.48. The summed E-state index contributed by atoms with van der Waals surface area (Å²) in [5.41, 5.74) is 0.472. The zero-order chi connectivity index (χ0) is 18.7. The molecule has 0 bridgehead atoms. The van der Waals surface area contributed by atoms with Crippen LogP contribution < -0.4 is 10.9 Å². The highest BCUT2D eigenvalue weighted by Crippen LogP contribution is 2.14. The molecule has 1 N–H and O–H groups in total. The van der Waals surface area contributed by atoms with E-state index in [0.29, 0.717) is 30.7 Å². The van der Waals surface area contributed by atoms with E-state index in [1.807, 2.05) is 13.8 Å². The number of amides is 1. The number of benzene rings is 1. The zero-order valence-electron chi connectivity index (χ0n) is 14.7. The number of carbonyl (C=O) groups excluding carboxylic acids is 1. The highest BCUT2D eigenvalue weighted by atomic mass is 19.1. The van der Waals surface area contributed by atoms with Crippen molar-refractivity contribution < 1.29 is 13.9 Å². The lowest BCUT2D eigenvalue weighted by molar-refractivity contribution is 0.0757. The lowest BCUT2D eigenvalue weighted by Gasteiger charge is -2.10. The third-order valence-electron chi connectivity index (χ3n) is 3.90. The first kappa shape index (κ1) is 18.0. The number of halogens is 1. The van der Waals surface area contributed by atoms with E-state index in [9.17, 15) is 14.0 Å². The molecule has 2 aromatic heterocycles. The van der Waals surface area contributed by atoms with Crippen LogP contribution in [0.15, 0.2) is 41.3 Å². The summed E-state index contributed by atoms with van der Waals surface area (Å²) in [4.78, 5) is 29.5. The SMILES string of the molecule is CC(C)OCCCNC(=O)c1cccn2c(=O)c3cc(F)ccc3nc12. The Morgan fingerprint density at radius 3 is 2.92 bits per heavy atom. The lowest BCUT2D eigenvalue weighted by atomic mass is 10.2. The maximum absolute atomic E-state index is 13.4. The van der Waals surface area contributed by atoms with Gasteiger partial charge >= 0.3 is 0 Å². The van der Waals surface area contributed by atoms with Crippen LogP contribution in [0.25, 0.3) is 16.6 Å². The van der Waals surface area contributed by atoms with Gasteiger partial charge in [-0.25, -0.2) is 9.37 Å². The van der Waals surface area contributed by atoms with Crippen molar-refractivity contribution in [3.05, 3.63) is 58.3 Å². The molecular formula is C19H20FN3O3. The van der Waals surface area contributed by atoms with Crippen molar-refractivity contribution in [1.29, 1.82) is 0 Å². The summed E-state index contributed by atoms with van der Waals surface area (Å²) >= 11 is 0. The molecule has 0 atom stereocenters. The monoisotopic (exact) mass is 357 g/mol. The van der Waals surface area contributed by atoms with Crippen LogP contribution in [-0.4, -0.2) is 34.5 Å². The third kappa shape index (κ3) is 3.72. The van der Waals surface area contributed by atoms with E-state index >= 15 is 0 Å². The number of hydrogen-bond donors (Lipinski definition) is 1. The van der Waals surface area contributed by atoms with Crippen LogP contribution in [-0.2, 0) is 4.74 Å². The van der Waals surface area contributed by atoms with Crippen molar-refractivity contribution in [1.82, 2.24) is 14.7 Å². The van der Waals surface area contributed by atoms with Crippen LogP contribution in [0.1, 0.15) is 30.6 Å². The third-order valence-corrected chi connectivity index (χ3v) is 3.90. The van der Waals surface area contributed by atoms with Gasteiger partial charge in [0.05, 0.1) is 22.6 Å². The van der Waals surface area contributed by atoms with Gasteiger partial charge in [-0.3, -0.25) is 14.0 Å². The number of nitrogens with one attached hydrogen (secondary N) is 1. The maximum Gasteiger partial charge on any atom is 0.265 e. The van der Waals surface area contributed by atoms with Crippen molar-refractivity contribution in [2.45, 2.75) is 26.4 Å². The summed E-state index contributed by atoms with van der Waals surface area (Å²) in [5, 5.41) is 2.98. The Balaban J connectivity index is 1.89. The van der Waals surface area contributed by atoms with Gasteiger partial charge < -0.3 is 10.1 Å². The average molecular weight is 357 g/mol. The summed E-state index contributed by atoms with van der Waals surface area (Å²) < 4.78 is 20.1. The van der Waals surface area contributed by atoms with Crippen molar-refractivity contribution in [3.8, 4) is 0 Å². The maximum atomic E-state index is 13.4. The molecule has 7 heteroatoms. The molecule has 26 heavy (non-hydrogen) atoms. The summed E-state index contributed by atoms with van der Waals surface area (Å²) in [7, 11) is 0. The van der Waals surface area contributed by atoms with E-state index in [2.05, 4.69) is 10.3 Å². The van der Waals surface area contributed by atoms with E-state index in [-0.39, 0.29) is 23.0 Å². The number of hydrogen-bond acceptors (Lipinski definition) is 4. The molecule has 3 rings (SSSR count). The highest BCUT2D eigenvalue weighted by molar-refractivity contribution is 6.00. The summed E-state index contributed by atoms with van der Waals surface area (Å²) in [5.74, 6) is -0.824. The van der Waals surface area contributed by atoms with Gasteiger partial charge in [-0.1, -0.05) is 0 Å². The Morgan fingerprint density at radius 1 is 1.35 bits per heavy atom. The van der Waals surface area contributed by atoms with Crippen LogP contribution in [0.3, 0.4) is 0 Å². The van der Waals surface area contributed by atoms with Gasteiger partial charge in [-0.2, -0.15) is 0 Å². The van der Waals surface area contributed by atoms with Crippen LogP contribution in [0.2, 0.25) is 0 Å². The molecule has 0 saturated heterocycles. The van der Waals surface area contributed by atoms with E-state index in [1.165, 1.54) is 22.7 Å². The number of fused-ring (bicyclic) bond motifs is 2. The molecule has 0 fully saturated rings. The second-order valence-electron chi connectivity index (χ2n) is 6.22. The quantitative estimate of drug-likeness (QED) is 0.543. The van der Waals surface area contributed by atoms with Crippen molar-refractivity contribution in [2.24, 2.45) is 0 Å². The molecule has 2 heterocycles. The molecular weight excluding hydrogens is 337 g/mol. The number of ether oxygens (including phenoxy) is 1. The second kappa shape index (κ2) is 7.61. The molecule has 0 spiro atoms. The van der Waals surface area contributed by atoms with Crippen molar-refractivity contribution in [3.63, 3.8) is 0 Å². The molecule has 0 saturated carbocycles. The van der Waals surface area contributed by atoms with Gasteiger partial charge in [-0.05, 0) is 50.6 Å². The normalized spacial score (nSPS) is 11.4. The van der Waals surface area contributed by atoms with Gasteiger partial charge in [0.25, 0.3) is 11.5 Å². The van der Waals surface area contributed by atoms with Crippen molar-refractivity contribution in [2.75, 3.05) is 13.2 Å².